The Morgan fingerprint density at radius 3 is 2.41 bits per heavy atom. The first-order valence-corrected chi connectivity index (χ1v) is 11.1. The number of nitrogens with one attached hydrogen (secondary N) is 1. The molecule has 29 heavy (non-hydrogen) atoms. The Hall–Kier alpha value is -2.78. The van der Waals surface area contributed by atoms with Crippen molar-refractivity contribution in [1.29, 1.82) is 0 Å². The Labute approximate surface area is 174 Å². The normalized spacial score (nSPS) is 11.7. The number of halogens is 3. The summed E-state index contributed by atoms with van der Waals surface area (Å²) >= 11 is 3.39. The monoisotopic (exact) mass is 477 g/mol. The number of sulfonamides is 1. The van der Waals surface area contributed by atoms with Crippen LogP contribution in [0.5, 0.6) is 0 Å². The SMILES string of the molecule is CS(=O)(=O)Nc1cc(-c2ccc(F)cc2F)cc(-c2cnn3cc(Br)ccc23)c1. The van der Waals surface area contributed by atoms with Crippen molar-refractivity contribution in [2.75, 3.05) is 11.0 Å². The van der Waals surface area contributed by atoms with Gasteiger partial charge in [0.25, 0.3) is 0 Å². The second-order valence-electron chi connectivity index (χ2n) is 6.53. The lowest BCUT2D eigenvalue weighted by Gasteiger charge is -2.11. The largest absolute Gasteiger partial charge is 0.284 e. The van der Waals surface area contributed by atoms with Gasteiger partial charge in [0.15, 0.2) is 0 Å². The van der Waals surface area contributed by atoms with E-state index in [0.29, 0.717) is 11.1 Å². The van der Waals surface area contributed by atoms with Crippen LogP contribution in [0.4, 0.5) is 14.5 Å². The summed E-state index contributed by atoms with van der Waals surface area (Å²) in [6.07, 6.45) is 4.47. The molecular formula is C20H14BrF2N3O2S. The van der Waals surface area contributed by atoms with Crippen molar-refractivity contribution in [3.05, 3.63) is 77.0 Å². The number of anilines is 1. The maximum atomic E-state index is 14.4. The summed E-state index contributed by atoms with van der Waals surface area (Å²) in [7, 11) is -3.56. The highest BCUT2D eigenvalue weighted by Gasteiger charge is 2.14. The van der Waals surface area contributed by atoms with E-state index in [2.05, 4.69) is 25.8 Å². The van der Waals surface area contributed by atoms with Gasteiger partial charge in [-0.1, -0.05) is 0 Å². The summed E-state index contributed by atoms with van der Waals surface area (Å²) in [6, 6.07) is 11.8. The van der Waals surface area contributed by atoms with Crippen LogP contribution in [0.1, 0.15) is 0 Å². The molecule has 2 heterocycles. The summed E-state index contributed by atoms with van der Waals surface area (Å²) < 4.78 is 56.2. The van der Waals surface area contributed by atoms with Gasteiger partial charge in [0, 0.05) is 33.6 Å². The van der Waals surface area contributed by atoms with Crippen molar-refractivity contribution in [2.45, 2.75) is 0 Å². The molecule has 4 rings (SSSR count). The van der Waals surface area contributed by atoms with Crippen LogP contribution in [0.25, 0.3) is 27.8 Å². The Kier molecular flexibility index (Phi) is 4.87. The van der Waals surface area contributed by atoms with Crippen LogP contribution in [0.3, 0.4) is 0 Å². The number of pyridine rings is 1. The molecule has 0 fully saturated rings. The quantitative estimate of drug-likeness (QED) is 0.445. The van der Waals surface area contributed by atoms with E-state index in [9.17, 15) is 17.2 Å². The van der Waals surface area contributed by atoms with Gasteiger partial charge < -0.3 is 0 Å². The van der Waals surface area contributed by atoms with Gasteiger partial charge >= 0.3 is 0 Å². The minimum Gasteiger partial charge on any atom is -0.284 e. The van der Waals surface area contributed by atoms with Crippen molar-refractivity contribution in [3.8, 4) is 22.3 Å². The van der Waals surface area contributed by atoms with E-state index in [0.717, 1.165) is 33.9 Å². The molecule has 4 aromatic rings. The lowest BCUT2D eigenvalue weighted by Crippen LogP contribution is -2.09. The van der Waals surface area contributed by atoms with Gasteiger partial charge in [0.1, 0.15) is 11.6 Å². The first-order chi connectivity index (χ1) is 13.7. The van der Waals surface area contributed by atoms with Gasteiger partial charge in [-0.15, -0.1) is 0 Å². The fourth-order valence-electron chi connectivity index (χ4n) is 3.12. The van der Waals surface area contributed by atoms with E-state index in [1.165, 1.54) is 12.1 Å². The molecule has 0 saturated carbocycles. The molecule has 0 bridgehead atoms. The van der Waals surface area contributed by atoms with Crippen molar-refractivity contribution in [2.24, 2.45) is 0 Å². The van der Waals surface area contributed by atoms with E-state index in [-0.39, 0.29) is 11.3 Å². The molecule has 0 aliphatic carbocycles. The van der Waals surface area contributed by atoms with E-state index < -0.39 is 21.7 Å². The first-order valence-electron chi connectivity index (χ1n) is 8.41. The Bertz CT molecular complexity index is 1350. The van der Waals surface area contributed by atoms with Crippen LogP contribution < -0.4 is 4.72 Å². The molecule has 1 N–H and O–H groups in total. The zero-order valence-electron chi connectivity index (χ0n) is 15.0. The second kappa shape index (κ2) is 7.23. The van der Waals surface area contributed by atoms with Crippen LogP contribution in [-0.4, -0.2) is 24.3 Å². The molecule has 148 valence electrons. The van der Waals surface area contributed by atoms with E-state index >= 15 is 0 Å². The van der Waals surface area contributed by atoms with Gasteiger partial charge in [0.05, 0.1) is 18.0 Å². The average Bonchev–Trinajstić information content (AvgIpc) is 3.03. The molecule has 2 aromatic heterocycles. The Balaban J connectivity index is 1.94. The predicted octanol–water partition coefficient (Wildman–Crippen LogP) is 5.08. The number of rotatable bonds is 4. The number of hydrogen-bond donors (Lipinski definition) is 1. The Morgan fingerprint density at radius 2 is 1.72 bits per heavy atom. The minimum atomic E-state index is -3.56. The molecule has 0 atom stereocenters. The molecule has 0 spiro atoms. The zero-order chi connectivity index (χ0) is 20.8. The lowest BCUT2D eigenvalue weighted by molar-refractivity contribution is 0.585. The van der Waals surface area contributed by atoms with Gasteiger partial charge in [-0.25, -0.2) is 21.7 Å². The highest BCUT2D eigenvalue weighted by atomic mass is 79.9. The molecule has 0 radical (unpaired) electrons. The van der Waals surface area contributed by atoms with Crippen LogP contribution in [-0.2, 0) is 10.0 Å². The fraction of sp³-hybridized carbons (Fsp3) is 0.0500. The third-order valence-corrected chi connectivity index (χ3v) is 5.35. The predicted molar refractivity (Wildman–Crippen MR) is 112 cm³/mol. The minimum absolute atomic E-state index is 0.156. The maximum Gasteiger partial charge on any atom is 0.229 e. The summed E-state index contributed by atoms with van der Waals surface area (Å²) in [4.78, 5) is 0. The molecule has 0 aliphatic heterocycles. The molecule has 0 amide bonds. The number of fused-ring (bicyclic) bond motifs is 1. The summed E-state index contributed by atoms with van der Waals surface area (Å²) in [5, 5.41) is 4.32. The van der Waals surface area contributed by atoms with E-state index in [4.69, 9.17) is 0 Å². The third kappa shape index (κ3) is 4.15. The van der Waals surface area contributed by atoms with Crippen LogP contribution >= 0.6 is 15.9 Å². The highest BCUT2D eigenvalue weighted by molar-refractivity contribution is 9.10. The third-order valence-electron chi connectivity index (χ3n) is 4.27. The molecule has 0 aliphatic rings. The molecule has 2 aromatic carbocycles. The molecular weight excluding hydrogens is 464 g/mol. The van der Waals surface area contributed by atoms with Crippen molar-refractivity contribution < 1.29 is 17.2 Å². The first kappa shape index (κ1) is 19.5. The molecule has 0 unspecified atom stereocenters. The average molecular weight is 478 g/mol. The zero-order valence-corrected chi connectivity index (χ0v) is 17.4. The summed E-state index contributed by atoms with van der Waals surface area (Å²) in [6.45, 7) is 0. The van der Waals surface area contributed by atoms with Crippen molar-refractivity contribution >= 4 is 37.2 Å². The fourth-order valence-corrected chi connectivity index (χ4v) is 3.99. The number of hydrogen-bond acceptors (Lipinski definition) is 3. The number of nitrogens with zero attached hydrogens (tertiary/aromatic N) is 2. The maximum absolute atomic E-state index is 14.4. The second-order valence-corrected chi connectivity index (χ2v) is 9.20. The highest BCUT2D eigenvalue weighted by Crippen LogP contribution is 2.34. The van der Waals surface area contributed by atoms with Crippen molar-refractivity contribution in [3.63, 3.8) is 0 Å². The standard InChI is InChI=1S/C20H14BrF2N3O2S/c1-29(27,28)25-16-7-12(17-4-3-15(22)9-19(17)23)6-13(8-16)18-10-24-26-11-14(21)2-5-20(18)26/h2-11,25H,1H3. The van der Waals surface area contributed by atoms with Crippen LogP contribution in [0.15, 0.2) is 65.4 Å². The smallest absolute Gasteiger partial charge is 0.229 e. The molecule has 0 saturated heterocycles. The topological polar surface area (TPSA) is 63.5 Å². The van der Waals surface area contributed by atoms with Gasteiger partial charge in [-0.05, 0) is 69.5 Å². The molecule has 9 heteroatoms. The number of aromatic nitrogens is 2. The number of benzene rings is 2. The van der Waals surface area contributed by atoms with Gasteiger partial charge in [0.2, 0.25) is 10.0 Å². The summed E-state index contributed by atoms with van der Waals surface area (Å²) in [5.74, 6) is -1.43. The van der Waals surface area contributed by atoms with Crippen molar-refractivity contribution in [1.82, 2.24) is 9.61 Å². The van der Waals surface area contributed by atoms with E-state index in [1.807, 2.05) is 12.1 Å². The Morgan fingerprint density at radius 1 is 1.00 bits per heavy atom. The van der Waals surface area contributed by atoms with Crippen LogP contribution in [0.2, 0.25) is 0 Å². The van der Waals surface area contributed by atoms with Gasteiger partial charge in [-0.3, -0.25) is 4.72 Å². The lowest BCUT2D eigenvalue weighted by atomic mass is 9.98. The van der Waals surface area contributed by atoms with Gasteiger partial charge in [-0.2, -0.15) is 5.10 Å². The van der Waals surface area contributed by atoms with Crippen LogP contribution in [0, 0.1) is 11.6 Å². The summed E-state index contributed by atoms with van der Waals surface area (Å²) in [5.41, 5.74) is 2.98. The van der Waals surface area contributed by atoms with E-state index in [1.54, 1.807) is 29.0 Å². The molecule has 5 nitrogen and oxygen atoms in total.